The highest BCUT2D eigenvalue weighted by molar-refractivity contribution is 7.90. The fourth-order valence-electron chi connectivity index (χ4n) is 4.02. The summed E-state index contributed by atoms with van der Waals surface area (Å²) >= 11 is 0. The molecular formula is C20H28N2O4S. The predicted molar refractivity (Wildman–Crippen MR) is 104 cm³/mol. The quantitative estimate of drug-likeness (QED) is 0.685. The summed E-state index contributed by atoms with van der Waals surface area (Å²) in [6.07, 6.45) is 5.05. The minimum Gasteiger partial charge on any atom is -0.356 e. The standard InChI is InChI=1S/C20H28N2O4S/c23-19-13-17(14-22(19)18-9-4-5-10-18)20(24)21-11-6-12-27(25,26)15-16-7-2-1-3-8-16/h1-3,7-8,17-18H,4-6,9-15H2,(H,21,24). The van der Waals surface area contributed by atoms with Gasteiger partial charge in [0.05, 0.1) is 17.4 Å². The Kier molecular flexibility index (Phi) is 6.52. The number of hydrogen-bond acceptors (Lipinski definition) is 4. The highest BCUT2D eigenvalue weighted by Crippen LogP contribution is 2.29. The predicted octanol–water partition coefficient (Wildman–Crippen LogP) is 1.90. The van der Waals surface area contributed by atoms with E-state index >= 15 is 0 Å². The number of carbonyl (C=O) groups is 2. The van der Waals surface area contributed by atoms with Gasteiger partial charge in [-0.3, -0.25) is 9.59 Å². The molecule has 0 aromatic heterocycles. The minimum absolute atomic E-state index is 0.0231. The van der Waals surface area contributed by atoms with Crippen molar-refractivity contribution in [2.24, 2.45) is 5.92 Å². The van der Waals surface area contributed by atoms with Gasteiger partial charge in [0.2, 0.25) is 11.8 Å². The highest BCUT2D eigenvalue weighted by Gasteiger charge is 2.38. The van der Waals surface area contributed by atoms with E-state index in [1.54, 1.807) is 12.1 Å². The number of carbonyl (C=O) groups excluding carboxylic acids is 2. The molecule has 1 unspecified atom stereocenters. The molecule has 3 rings (SSSR count). The molecule has 148 valence electrons. The molecule has 27 heavy (non-hydrogen) atoms. The van der Waals surface area contributed by atoms with Crippen LogP contribution in [0.25, 0.3) is 0 Å². The van der Waals surface area contributed by atoms with Crippen LogP contribution in [0, 0.1) is 5.92 Å². The maximum atomic E-state index is 12.3. The molecule has 0 bridgehead atoms. The van der Waals surface area contributed by atoms with E-state index in [4.69, 9.17) is 0 Å². The summed E-state index contributed by atoms with van der Waals surface area (Å²) in [7, 11) is -3.19. The lowest BCUT2D eigenvalue weighted by Gasteiger charge is -2.23. The van der Waals surface area contributed by atoms with Crippen LogP contribution < -0.4 is 5.32 Å². The summed E-state index contributed by atoms with van der Waals surface area (Å²) in [5, 5.41) is 2.81. The van der Waals surface area contributed by atoms with Gasteiger partial charge in [0.1, 0.15) is 0 Å². The number of nitrogens with one attached hydrogen (secondary N) is 1. The highest BCUT2D eigenvalue weighted by atomic mass is 32.2. The lowest BCUT2D eigenvalue weighted by molar-refractivity contribution is -0.130. The van der Waals surface area contributed by atoms with Crippen LogP contribution >= 0.6 is 0 Å². The van der Waals surface area contributed by atoms with Gasteiger partial charge in [0.15, 0.2) is 9.84 Å². The van der Waals surface area contributed by atoms with Crippen molar-refractivity contribution in [1.82, 2.24) is 10.2 Å². The average Bonchev–Trinajstić information content (AvgIpc) is 3.28. The van der Waals surface area contributed by atoms with E-state index in [9.17, 15) is 18.0 Å². The third-order valence-electron chi connectivity index (χ3n) is 5.46. The zero-order chi connectivity index (χ0) is 19.3. The molecular weight excluding hydrogens is 364 g/mol. The third-order valence-corrected chi connectivity index (χ3v) is 7.14. The van der Waals surface area contributed by atoms with Crippen molar-refractivity contribution < 1.29 is 18.0 Å². The van der Waals surface area contributed by atoms with Crippen molar-refractivity contribution in [1.29, 1.82) is 0 Å². The smallest absolute Gasteiger partial charge is 0.225 e. The Morgan fingerprint density at radius 1 is 1.15 bits per heavy atom. The molecule has 0 spiro atoms. The van der Waals surface area contributed by atoms with Gasteiger partial charge in [0, 0.05) is 25.6 Å². The number of rotatable bonds is 8. The summed E-state index contributed by atoms with van der Waals surface area (Å²) in [6, 6.07) is 9.40. The SMILES string of the molecule is O=C(NCCCS(=O)(=O)Cc1ccccc1)C1CC(=O)N(C2CCCC2)C1. The van der Waals surface area contributed by atoms with E-state index in [1.165, 1.54) is 0 Å². The maximum absolute atomic E-state index is 12.3. The molecule has 1 saturated carbocycles. The molecule has 1 aromatic rings. The van der Waals surface area contributed by atoms with E-state index in [2.05, 4.69) is 5.32 Å². The number of nitrogens with zero attached hydrogens (tertiary/aromatic N) is 1. The summed E-state index contributed by atoms with van der Waals surface area (Å²) in [5.41, 5.74) is 0.776. The lowest BCUT2D eigenvalue weighted by atomic mass is 10.1. The van der Waals surface area contributed by atoms with Gasteiger partial charge in [0.25, 0.3) is 0 Å². The molecule has 2 aliphatic rings. The van der Waals surface area contributed by atoms with Crippen molar-refractivity contribution in [2.45, 2.75) is 50.3 Å². The van der Waals surface area contributed by atoms with E-state index in [0.717, 1.165) is 31.2 Å². The zero-order valence-electron chi connectivity index (χ0n) is 15.6. The number of sulfone groups is 1. The Labute approximate surface area is 161 Å². The van der Waals surface area contributed by atoms with Gasteiger partial charge in [-0.2, -0.15) is 0 Å². The molecule has 0 radical (unpaired) electrons. The normalized spacial score (nSPS) is 21.0. The van der Waals surface area contributed by atoms with E-state index < -0.39 is 9.84 Å². The Morgan fingerprint density at radius 2 is 1.85 bits per heavy atom. The third kappa shape index (κ3) is 5.54. The number of hydrogen-bond donors (Lipinski definition) is 1. The summed E-state index contributed by atoms with van der Waals surface area (Å²) in [4.78, 5) is 26.4. The van der Waals surface area contributed by atoms with E-state index in [1.807, 2.05) is 23.1 Å². The van der Waals surface area contributed by atoms with Gasteiger partial charge in [-0.05, 0) is 24.8 Å². The molecule has 2 fully saturated rings. The van der Waals surface area contributed by atoms with Crippen molar-refractivity contribution in [3.63, 3.8) is 0 Å². The number of likely N-dealkylation sites (tertiary alicyclic amines) is 1. The maximum Gasteiger partial charge on any atom is 0.225 e. The largest absolute Gasteiger partial charge is 0.356 e. The second-order valence-corrected chi connectivity index (χ2v) is 9.79. The van der Waals surface area contributed by atoms with E-state index in [0.29, 0.717) is 25.6 Å². The Balaban J connectivity index is 1.39. The summed E-state index contributed by atoms with van der Waals surface area (Å²) in [6.45, 7) is 0.822. The van der Waals surface area contributed by atoms with Crippen LogP contribution in [0.1, 0.15) is 44.1 Å². The Bertz CT molecular complexity index is 757. The fraction of sp³-hybridized carbons (Fsp3) is 0.600. The van der Waals surface area contributed by atoms with Crippen LogP contribution in [0.3, 0.4) is 0 Å². The minimum atomic E-state index is -3.19. The topological polar surface area (TPSA) is 83.5 Å². The fourth-order valence-corrected chi connectivity index (χ4v) is 5.45. The van der Waals surface area contributed by atoms with Crippen LogP contribution in [0.4, 0.5) is 0 Å². The summed E-state index contributed by atoms with van der Waals surface area (Å²) < 4.78 is 24.3. The van der Waals surface area contributed by atoms with Crippen LogP contribution in [0.5, 0.6) is 0 Å². The molecule has 6 nitrogen and oxygen atoms in total. The zero-order valence-corrected chi connectivity index (χ0v) is 16.4. The molecule has 1 heterocycles. The van der Waals surface area contributed by atoms with Crippen molar-refractivity contribution in [3.8, 4) is 0 Å². The van der Waals surface area contributed by atoms with Gasteiger partial charge in [-0.15, -0.1) is 0 Å². The summed E-state index contributed by atoms with van der Waals surface area (Å²) in [5.74, 6) is -0.300. The van der Waals surface area contributed by atoms with E-state index in [-0.39, 0.29) is 35.7 Å². The molecule has 1 aliphatic carbocycles. The Morgan fingerprint density at radius 3 is 2.56 bits per heavy atom. The second-order valence-electron chi connectivity index (χ2n) is 7.61. The number of benzene rings is 1. The first-order chi connectivity index (χ1) is 12.9. The van der Waals surface area contributed by atoms with Gasteiger partial charge >= 0.3 is 0 Å². The number of amides is 2. The first kappa shape index (κ1) is 19.9. The van der Waals surface area contributed by atoms with Crippen molar-refractivity contribution in [3.05, 3.63) is 35.9 Å². The monoisotopic (exact) mass is 392 g/mol. The van der Waals surface area contributed by atoms with Crippen LogP contribution in [-0.4, -0.2) is 50.0 Å². The van der Waals surface area contributed by atoms with Crippen molar-refractivity contribution in [2.75, 3.05) is 18.8 Å². The molecule has 7 heteroatoms. The molecule has 1 N–H and O–H groups in total. The van der Waals surface area contributed by atoms with Gasteiger partial charge in [-0.25, -0.2) is 8.42 Å². The molecule has 1 aliphatic heterocycles. The second kappa shape index (κ2) is 8.87. The Hall–Kier alpha value is -1.89. The molecule has 1 saturated heterocycles. The van der Waals surface area contributed by atoms with Crippen LogP contribution in [0.2, 0.25) is 0 Å². The van der Waals surface area contributed by atoms with Crippen molar-refractivity contribution >= 4 is 21.7 Å². The molecule has 1 aromatic carbocycles. The van der Waals surface area contributed by atoms with Crippen LogP contribution in [-0.2, 0) is 25.2 Å². The molecule has 1 atom stereocenters. The average molecular weight is 393 g/mol. The molecule has 2 amide bonds. The van der Waals surface area contributed by atoms with Gasteiger partial charge in [-0.1, -0.05) is 43.2 Å². The first-order valence-electron chi connectivity index (χ1n) is 9.76. The lowest BCUT2D eigenvalue weighted by Crippen LogP contribution is -2.37. The van der Waals surface area contributed by atoms with Crippen LogP contribution in [0.15, 0.2) is 30.3 Å². The first-order valence-corrected chi connectivity index (χ1v) is 11.6. The van der Waals surface area contributed by atoms with Gasteiger partial charge < -0.3 is 10.2 Å².